The van der Waals surface area contributed by atoms with Crippen LogP contribution in [0.4, 0.5) is 0 Å². The van der Waals surface area contributed by atoms with Crippen LogP contribution in [-0.2, 0) is 4.74 Å². The largest absolute Gasteiger partial charge is 0.501 e. The van der Waals surface area contributed by atoms with E-state index in [4.69, 9.17) is 11.2 Å². The van der Waals surface area contributed by atoms with E-state index >= 15 is 0 Å². The molecule has 0 heterocycles. The van der Waals surface area contributed by atoms with Crippen LogP contribution in [-0.4, -0.2) is 7.11 Å². The third-order valence-electron chi connectivity index (χ3n) is 7.52. The topological polar surface area (TPSA) is 9.23 Å². The molecule has 0 unspecified atom stereocenters. The molecule has 0 bridgehead atoms. The molecule has 0 N–H and O–H groups in total. The van der Waals surface area contributed by atoms with Gasteiger partial charge in [0.15, 0.2) is 0 Å². The molecule has 0 radical (unpaired) electrons. The van der Waals surface area contributed by atoms with Gasteiger partial charge < -0.3 is 4.74 Å². The van der Waals surface area contributed by atoms with Crippen molar-refractivity contribution < 1.29 is 4.74 Å². The number of rotatable bonds is 1. The third-order valence-corrected chi connectivity index (χ3v) is 7.52. The summed E-state index contributed by atoms with van der Waals surface area (Å²) in [5, 5.41) is 0. The average molecular weight is 296 g/mol. The van der Waals surface area contributed by atoms with Crippen LogP contribution in [0.2, 0.25) is 0 Å². The Balaban J connectivity index is 1.61. The molecular formula is C21H28O. The SMILES string of the molecule is C#C[C@H]1CC[C@H]2[C@@H]3CCC4=C(CC=C(OC)C4)[C@H]3CC[C@]12C. The van der Waals surface area contributed by atoms with Gasteiger partial charge in [0.05, 0.1) is 12.9 Å². The summed E-state index contributed by atoms with van der Waals surface area (Å²) in [5.41, 5.74) is 3.91. The Morgan fingerprint density at radius 2 is 2.14 bits per heavy atom. The summed E-state index contributed by atoms with van der Waals surface area (Å²) in [4.78, 5) is 0. The molecule has 1 nitrogen and oxygen atoms in total. The minimum absolute atomic E-state index is 0.427. The van der Waals surface area contributed by atoms with Crippen LogP contribution in [0.3, 0.4) is 0 Å². The first-order chi connectivity index (χ1) is 10.7. The predicted molar refractivity (Wildman–Crippen MR) is 90.0 cm³/mol. The van der Waals surface area contributed by atoms with E-state index < -0.39 is 0 Å². The van der Waals surface area contributed by atoms with Crippen LogP contribution >= 0.6 is 0 Å². The Morgan fingerprint density at radius 1 is 1.27 bits per heavy atom. The maximum absolute atomic E-state index is 5.85. The molecule has 4 aliphatic rings. The number of allylic oxidation sites excluding steroid dienone is 3. The predicted octanol–water partition coefficient (Wildman–Crippen LogP) is 5.09. The van der Waals surface area contributed by atoms with E-state index in [0.29, 0.717) is 11.3 Å². The molecule has 2 saturated carbocycles. The fourth-order valence-corrected chi connectivity index (χ4v) is 6.32. The first-order valence-electron chi connectivity index (χ1n) is 9.07. The lowest BCUT2D eigenvalue weighted by Gasteiger charge is -2.51. The summed E-state index contributed by atoms with van der Waals surface area (Å²) >= 11 is 0. The van der Waals surface area contributed by atoms with E-state index in [1.807, 2.05) is 7.11 Å². The van der Waals surface area contributed by atoms with Crippen molar-refractivity contribution in [2.24, 2.45) is 29.1 Å². The Kier molecular flexibility index (Phi) is 3.40. The van der Waals surface area contributed by atoms with Gasteiger partial charge in [0.1, 0.15) is 0 Å². The fourth-order valence-electron chi connectivity index (χ4n) is 6.32. The standard InChI is InChI=1S/C21H28O/c1-4-15-6-10-20-19-8-5-14-13-16(22-3)7-9-17(14)18(19)11-12-21(15,20)2/h1,7,15,18-20H,5-6,8-13H2,2-3H3/t15-,18+,19+,20-,21+/m0/s1. The number of hydrogen-bond acceptors (Lipinski definition) is 1. The van der Waals surface area contributed by atoms with Crippen LogP contribution in [0.5, 0.6) is 0 Å². The number of hydrogen-bond donors (Lipinski definition) is 0. The summed E-state index contributed by atoms with van der Waals surface area (Å²) in [7, 11) is 1.81. The second kappa shape index (κ2) is 5.19. The van der Waals surface area contributed by atoms with Gasteiger partial charge in [0.25, 0.3) is 0 Å². The van der Waals surface area contributed by atoms with Gasteiger partial charge >= 0.3 is 0 Å². The molecule has 0 aromatic heterocycles. The lowest BCUT2D eigenvalue weighted by atomic mass is 9.53. The molecule has 4 rings (SSSR count). The molecular weight excluding hydrogens is 268 g/mol. The quantitative estimate of drug-likeness (QED) is 0.483. The van der Waals surface area contributed by atoms with Crippen molar-refractivity contribution in [1.29, 1.82) is 0 Å². The fraction of sp³-hybridized carbons (Fsp3) is 0.714. The van der Waals surface area contributed by atoms with E-state index in [1.54, 1.807) is 11.1 Å². The van der Waals surface area contributed by atoms with E-state index in [-0.39, 0.29) is 0 Å². The van der Waals surface area contributed by atoms with Gasteiger partial charge in [-0.25, -0.2) is 0 Å². The molecule has 0 saturated heterocycles. The lowest BCUT2D eigenvalue weighted by Crippen LogP contribution is -2.43. The zero-order chi connectivity index (χ0) is 15.3. The van der Waals surface area contributed by atoms with Crippen LogP contribution in [0.1, 0.15) is 58.3 Å². The number of fused-ring (bicyclic) bond motifs is 4. The molecule has 1 heteroatoms. The highest BCUT2D eigenvalue weighted by molar-refractivity contribution is 5.33. The molecule has 2 fully saturated rings. The van der Waals surface area contributed by atoms with Crippen LogP contribution in [0.15, 0.2) is 23.0 Å². The summed E-state index contributed by atoms with van der Waals surface area (Å²) in [6.45, 7) is 2.50. The monoisotopic (exact) mass is 296 g/mol. The van der Waals surface area contributed by atoms with Crippen molar-refractivity contribution in [2.75, 3.05) is 7.11 Å². The van der Waals surface area contributed by atoms with Crippen molar-refractivity contribution in [3.05, 3.63) is 23.0 Å². The summed E-state index contributed by atoms with van der Waals surface area (Å²) < 4.78 is 5.49. The summed E-state index contributed by atoms with van der Waals surface area (Å²) in [6, 6.07) is 0. The van der Waals surface area contributed by atoms with E-state index in [1.165, 1.54) is 44.3 Å². The number of ether oxygens (including phenoxy) is 1. The minimum Gasteiger partial charge on any atom is -0.501 e. The molecule has 0 aromatic rings. The molecule has 4 aliphatic carbocycles. The van der Waals surface area contributed by atoms with E-state index in [0.717, 1.165) is 30.6 Å². The highest BCUT2D eigenvalue weighted by Gasteiger charge is 2.54. The molecule has 118 valence electrons. The van der Waals surface area contributed by atoms with E-state index in [2.05, 4.69) is 18.9 Å². The maximum Gasteiger partial charge on any atom is 0.0959 e. The van der Waals surface area contributed by atoms with E-state index in [9.17, 15) is 0 Å². The molecule has 0 spiro atoms. The van der Waals surface area contributed by atoms with Crippen molar-refractivity contribution >= 4 is 0 Å². The molecule has 5 atom stereocenters. The van der Waals surface area contributed by atoms with Crippen molar-refractivity contribution in [1.82, 2.24) is 0 Å². The maximum atomic E-state index is 5.85. The Labute approximate surface area is 135 Å². The van der Waals surface area contributed by atoms with Crippen molar-refractivity contribution in [2.45, 2.75) is 58.3 Å². The summed E-state index contributed by atoms with van der Waals surface area (Å²) in [6.07, 6.45) is 18.4. The Hall–Kier alpha value is -1.16. The normalized spacial score (nSPS) is 43.6. The smallest absolute Gasteiger partial charge is 0.0959 e. The average Bonchev–Trinajstić information content (AvgIpc) is 2.90. The van der Waals surface area contributed by atoms with Crippen LogP contribution < -0.4 is 0 Å². The second-order valence-corrected chi connectivity index (χ2v) is 8.14. The first-order valence-corrected chi connectivity index (χ1v) is 9.07. The Bertz CT molecular complexity index is 575. The zero-order valence-electron chi connectivity index (χ0n) is 14.0. The van der Waals surface area contributed by atoms with Crippen LogP contribution in [0.25, 0.3) is 0 Å². The minimum atomic E-state index is 0.427. The van der Waals surface area contributed by atoms with Crippen molar-refractivity contribution in [3.8, 4) is 12.3 Å². The highest BCUT2D eigenvalue weighted by atomic mass is 16.5. The van der Waals surface area contributed by atoms with Gasteiger partial charge in [-0.15, -0.1) is 12.3 Å². The zero-order valence-corrected chi connectivity index (χ0v) is 14.0. The molecule has 0 aromatic carbocycles. The molecule has 22 heavy (non-hydrogen) atoms. The highest BCUT2D eigenvalue weighted by Crippen LogP contribution is 2.62. The van der Waals surface area contributed by atoms with Gasteiger partial charge in [0.2, 0.25) is 0 Å². The van der Waals surface area contributed by atoms with Crippen molar-refractivity contribution in [3.63, 3.8) is 0 Å². The first kappa shape index (κ1) is 14.4. The Morgan fingerprint density at radius 3 is 2.91 bits per heavy atom. The number of terminal acetylenes is 1. The van der Waals surface area contributed by atoms with Gasteiger partial charge in [-0.3, -0.25) is 0 Å². The summed E-state index contributed by atoms with van der Waals surface area (Å²) in [5.74, 6) is 7.45. The van der Waals surface area contributed by atoms with Gasteiger partial charge in [0, 0.05) is 12.3 Å². The lowest BCUT2D eigenvalue weighted by molar-refractivity contribution is 0.0273. The van der Waals surface area contributed by atoms with Gasteiger partial charge in [-0.1, -0.05) is 18.1 Å². The van der Waals surface area contributed by atoms with Crippen LogP contribution in [0, 0.1) is 41.4 Å². The van der Waals surface area contributed by atoms with Gasteiger partial charge in [-0.2, -0.15) is 0 Å². The second-order valence-electron chi connectivity index (χ2n) is 8.14. The van der Waals surface area contributed by atoms with Gasteiger partial charge in [-0.05, 0) is 74.2 Å². The number of methoxy groups -OCH3 is 1. The third kappa shape index (κ3) is 1.92. The molecule has 0 aliphatic heterocycles. The molecule has 0 amide bonds.